The van der Waals surface area contributed by atoms with Crippen LogP contribution in [-0.2, 0) is 0 Å². The molecule has 27 heavy (non-hydrogen) atoms. The first-order chi connectivity index (χ1) is 13.0. The summed E-state index contributed by atoms with van der Waals surface area (Å²) in [5.74, 6) is 0.0864. The van der Waals surface area contributed by atoms with Gasteiger partial charge in [0.15, 0.2) is 5.78 Å². The minimum Gasteiger partial charge on any atom is -0.507 e. The van der Waals surface area contributed by atoms with Crippen molar-refractivity contribution in [3.05, 3.63) is 23.3 Å². The molecule has 0 radical (unpaired) electrons. The average Bonchev–Trinajstić information content (AvgIpc) is 2.63. The van der Waals surface area contributed by atoms with Gasteiger partial charge in [-0.25, -0.2) is 8.78 Å². The van der Waals surface area contributed by atoms with E-state index in [1.807, 2.05) is 0 Å². The molecule has 3 nitrogen and oxygen atoms in total. The third-order valence-electron chi connectivity index (χ3n) is 5.65. The van der Waals surface area contributed by atoms with E-state index < -0.39 is 17.7 Å². The van der Waals surface area contributed by atoms with Gasteiger partial charge >= 0.3 is 0 Å². The fourth-order valence-electron chi connectivity index (χ4n) is 4.09. The summed E-state index contributed by atoms with van der Waals surface area (Å²) in [6, 6.07) is 2.77. The number of rotatable bonds is 10. The number of ether oxygens (including phenoxy) is 1. The summed E-state index contributed by atoms with van der Waals surface area (Å²) >= 11 is 0. The van der Waals surface area contributed by atoms with Gasteiger partial charge in [0.25, 0.3) is 6.43 Å². The van der Waals surface area contributed by atoms with Gasteiger partial charge in [-0.15, -0.1) is 0 Å². The fourth-order valence-corrected chi connectivity index (χ4v) is 4.09. The standard InChI is InChI=1S/C22H32F2O3/c1-3-5-6-7-15-8-10-16(11-9-15)14-18(25)17-12-13-19(27-4-2)20(21(17)26)22(23)24/h12-13,15-16,22,26H,3-11,14H2,1-2H3. The monoisotopic (exact) mass is 382 g/mol. The number of benzene rings is 1. The highest BCUT2D eigenvalue weighted by molar-refractivity contribution is 5.99. The van der Waals surface area contributed by atoms with Gasteiger partial charge in [-0.3, -0.25) is 4.79 Å². The van der Waals surface area contributed by atoms with E-state index in [1.54, 1.807) is 6.92 Å². The molecule has 0 atom stereocenters. The summed E-state index contributed by atoms with van der Waals surface area (Å²) < 4.78 is 31.8. The molecule has 1 fully saturated rings. The largest absolute Gasteiger partial charge is 0.507 e. The van der Waals surface area contributed by atoms with E-state index in [0.717, 1.165) is 31.6 Å². The highest BCUT2D eigenvalue weighted by Crippen LogP contribution is 2.40. The molecule has 0 unspecified atom stereocenters. The average molecular weight is 382 g/mol. The van der Waals surface area contributed by atoms with Gasteiger partial charge in [-0.05, 0) is 43.7 Å². The minimum atomic E-state index is -2.89. The maximum Gasteiger partial charge on any atom is 0.271 e. The molecule has 0 saturated heterocycles. The molecular formula is C22H32F2O3. The topological polar surface area (TPSA) is 46.5 Å². The Bertz CT molecular complexity index is 608. The van der Waals surface area contributed by atoms with Crippen LogP contribution in [0, 0.1) is 11.8 Å². The summed E-state index contributed by atoms with van der Waals surface area (Å²) in [5.41, 5.74) is -0.596. The van der Waals surface area contributed by atoms with Gasteiger partial charge < -0.3 is 9.84 Å². The Hall–Kier alpha value is -1.65. The normalized spacial score (nSPS) is 20.0. The smallest absolute Gasteiger partial charge is 0.271 e. The third-order valence-corrected chi connectivity index (χ3v) is 5.65. The summed E-state index contributed by atoms with van der Waals surface area (Å²) in [5, 5.41) is 10.2. The lowest BCUT2D eigenvalue weighted by Gasteiger charge is -2.28. The van der Waals surface area contributed by atoms with Crippen molar-refractivity contribution in [2.24, 2.45) is 11.8 Å². The van der Waals surface area contributed by atoms with E-state index >= 15 is 0 Å². The van der Waals surface area contributed by atoms with Crippen LogP contribution in [0.2, 0.25) is 0 Å². The highest BCUT2D eigenvalue weighted by Gasteiger charge is 2.27. The Morgan fingerprint density at radius 2 is 1.81 bits per heavy atom. The lowest BCUT2D eigenvalue weighted by atomic mass is 9.77. The second-order valence-electron chi connectivity index (χ2n) is 7.62. The van der Waals surface area contributed by atoms with E-state index in [-0.39, 0.29) is 29.6 Å². The lowest BCUT2D eigenvalue weighted by Crippen LogP contribution is -2.18. The van der Waals surface area contributed by atoms with Gasteiger partial charge in [0.05, 0.1) is 12.2 Å². The predicted molar refractivity (Wildman–Crippen MR) is 103 cm³/mol. The van der Waals surface area contributed by atoms with Crippen LogP contribution in [0.1, 0.15) is 94.0 Å². The van der Waals surface area contributed by atoms with Crippen LogP contribution in [0.15, 0.2) is 12.1 Å². The molecule has 0 spiro atoms. The van der Waals surface area contributed by atoms with E-state index in [9.17, 15) is 18.7 Å². The molecular weight excluding hydrogens is 350 g/mol. The van der Waals surface area contributed by atoms with Gasteiger partial charge in [0, 0.05) is 6.42 Å². The number of phenols is 1. The van der Waals surface area contributed by atoms with Crippen LogP contribution in [0.3, 0.4) is 0 Å². The minimum absolute atomic E-state index is 0.0150. The van der Waals surface area contributed by atoms with E-state index in [0.29, 0.717) is 6.42 Å². The van der Waals surface area contributed by atoms with E-state index in [1.165, 1.54) is 37.8 Å². The second-order valence-corrected chi connectivity index (χ2v) is 7.62. The number of ketones is 1. The van der Waals surface area contributed by atoms with Crippen molar-refractivity contribution >= 4 is 5.78 Å². The van der Waals surface area contributed by atoms with E-state index in [4.69, 9.17) is 4.74 Å². The molecule has 0 bridgehead atoms. The number of phenolic OH excluding ortho intramolecular Hbond substituents is 1. The first-order valence-electron chi connectivity index (χ1n) is 10.3. The SMILES string of the molecule is CCCCCC1CCC(CC(=O)c2ccc(OCC)c(C(F)F)c2O)CC1. The molecule has 1 aliphatic rings. The van der Waals surface area contributed by atoms with Crippen molar-refractivity contribution in [1.82, 2.24) is 0 Å². The van der Waals surface area contributed by atoms with Crippen LogP contribution in [0.4, 0.5) is 8.78 Å². The number of halogens is 2. The molecule has 0 heterocycles. The predicted octanol–water partition coefficient (Wildman–Crippen LogP) is 6.69. The van der Waals surface area contributed by atoms with E-state index in [2.05, 4.69) is 6.92 Å². The van der Waals surface area contributed by atoms with Crippen molar-refractivity contribution < 1.29 is 23.4 Å². The lowest BCUT2D eigenvalue weighted by molar-refractivity contribution is 0.0937. The molecule has 2 rings (SSSR count). The molecule has 0 amide bonds. The number of hydrogen-bond donors (Lipinski definition) is 1. The van der Waals surface area contributed by atoms with Crippen LogP contribution in [-0.4, -0.2) is 17.5 Å². The Labute approximate surface area is 161 Å². The molecule has 1 aliphatic carbocycles. The van der Waals surface area contributed by atoms with Crippen molar-refractivity contribution in [2.75, 3.05) is 6.61 Å². The number of Topliss-reactive ketones (excluding diaryl/α,β-unsaturated/α-hetero) is 1. The van der Waals surface area contributed by atoms with Crippen LogP contribution < -0.4 is 4.74 Å². The third kappa shape index (κ3) is 5.91. The van der Waals surface area contributed by atoms with Gasteiger partial charge in [0.1, 0.15) is 17.1 Å². The molecule has 152 valence electrons. The Morgan fingerprint density at radius 3 is 2.41 bits per heavy atom. The Morgan fingerprint density at radius 1 is 1.15 bits per heavy atom. The van der Waals surface area contributed by atoms with Crippen molar-refractivity contribution in [1.29, 1.82) is 0 Å². The van der Waals surface area contributed by atoms with Crippen molar-refractivity contribution in [3.8, 4) is 11.5 Å². The zero-order valence-electron chi connectivity index (χ0n) is 16.5. The summed E-state index contributed by atoms with van der Waals surface area (Å²) in [6.45, 7) is 4.11. The van der Waals surface area contributed by atoms with Crippen molar-refractivity contribution in [3.63, 3.8) is 0 Å². The molecule has 5 heteroatoms. The van der Waals surface area contributed by atoms with Gasteiger partial charge in [-0.2, -0.15) is 0 Å². The molecule has 0 aliphatic heterocycles. The molecule has 1 N–H and O–H groups in total. The quantitative estimate of drug-likeness (QED) is 0.362. The number of unbranched alkanes of at least 4 members (excludes halogenated alkanes) is 2. The number of hydrogen-bond acceptors (Lipinski definition) is 3. The van der Waals surface area contributed by atoms with Crippen molar-refractivity contribution in [2.45, 2.75) is 78.1 Å². The summed E-state index contributed by atoms with van der Waals surface area (Å²) in [6.07, 6.45) is 6.76. The summed E-state index contributed by atoms with van der Waals surface area (Å²) in [4.78, 5) is 12.6. The first-order valence-corrected chi connectivity index (χ1v) is 10.3. The zero-order chi connectivity index (χ0) is 19.8. The number of alkyl halides is 2. The highest BCUT2D eigenvalue weighted by atomic mass is 19.3. The molecule has 1 aromatic carbocycles. The fraction of sp³-hybridized carbons (Fsp3) is 0.682. The molecule has 1 aromatic rings. The van der Waals surface area contributed by atoms with Gasteiger partial charge in [0.2, 0.25) is 0 Å². The Balaban J connectivity index is 1.97. The molecule has 1 saturated carbocycles. The van der Waals surface area contributed by atoms with Crippen LogP contribution in [0.5, 0.6) is 11.5 Å². The maximum absolute atomic E-state index is 13.3. The Kier molecular flexibility index (Phi) is 8.52. The number of carbonyl (C=O) groups is 1. The summed E-state index contributed by atoms with van der Waals surface area (Å²) in [7, 11) is 0. The molecule has 0 aromatic heterocycles. The number of aromatic hydroxyl groups is 1. The zero-order valence-corrected chi connectivity index (χ0v) is 16.5. The first kappa shape index (κ1) is 21.6. The number of carbonyl (C=O) groups excluding carboxylic acids is 1. The second kappa shape index (κ2) is 10.6. The maximum atomic E-state index is 13.3. The van der Waals surface area contributed by atoms with Crippen LogP contribution >= 0.6 is 0 Å². The van der Waals surface area contributed by atoms with Crippen LogP contribution in [0.25, 0.3) is 0 Å². The van der Waals surface area contributed by atoms with Gasteiger partial charge in [-0.1, -0.05) is 45.4 Å².